The van der Waals surface area contributed by atoms with Crippen molar-refractivity contribution < 1.29 is 13.2 Å². The Morgan fingerprint density at radius 3 is 2.52 bits per heavy atom. The molecule has 0 aromatic heterocycles. The van der Waals surface area contributed by atoms with Crippen molar-refractivity contribution in [1.82, 2.24) is 4.72 Å². The number of aryl methyl sites for hydroxylation is 2. The van der Waals surface area contributed by atoms with Gasteiger partial charge in [0.2, 0.25) is 10.0 Å². The standard InChI is InChI=1S/C20H25NO3S/c1-15(2)24-14-19-7-4-3-6-18(19)13-21-25(22,23)20-11-10-16-8-5-9-17(16)12-20/h3-4,6-7,10-12,15,21H,5,8-9,13-14H2,1-2H3. The SMILES string of the molecule is CC(C)OCc1ccccc1CNS(=O)(=O)c1ccc2c(c1)CCC2. The Balaban J connectivity index is 1.72. The zero-order chi connectivity index (χ0) is 17.9. The van der Waals surface area contributed by atoms with Crippen LogP contribution in [0.15, 0.2) is 47.4 Å². The van der Waals surface area contributed by atoms with Crippen molar-refractivity contribution in [3.63, 3.8) is 0 Å². The lowest BCUT2D eigenvalue weighted by Crippen LogP contribution is -2.24. The summed E-state index contributed by atoms with van der Waals surface area (Å²) in [6.45, 7) is 4.71. The number of nitrogens with one attached hydrogen (secondary N) is 1. The molecule has 0 fully saturated rings. The predicted octanol–water partition coefficient (Wildman–Crippen LogP) is 3.58. The average Bonchev–Trinajstić information content (AvgIpc) is 3.06. The minimum Gasteiger partial charge on any atom is -0.374 e. The molecule has 2 aromatic rings. The summed E-state index contributed by atoms with van der Waals surface area (Å²) in [7, 11) is -3.52. The van der Waals surface area contributed by atoms with Gasteiger partial charge < -0.3 is 4.74 Å². The molecule has 0 amide bonds. The van der Waals surface area contributed by atoms with E-state index >= 15 is 0 Å². The highest BCUT2D eigenvalue weighted by Gasteiger charge is 2.18. The van der Waals surface area contributed by atoms with Crippen molar-refractivity contribution in [2.45, 2.75) is 57.3 Å². The molecule has 4 nitrogen and oxygen atoms in total. The van der Waals surface area contributed by atoms with Crippen LogP contribution >= 0.6 is 0 Å². The summed E-state index contributed by atoms with van der Waals surface area (Å²) in [5.74, 6) is 0. The second-order valence-electron chi connectivity index (χ2n) is 6.74. The number of hydrogen-bond donors (Lipinski definition) is 1. The molecule has 0 atom stereocenters. The number of fused-ring (bicyclic) bond motifs is 1. The van der Waals surface area contributed by atoms with E-state index in [1.165, 1.54) is 5.56 Å². The minimum absolute atomic E-state index is 0.135. The van der Waals surface area contributed by atoms with Crippen molar-refractivity contribution in [3.05, 3.63) is 64.7 Å². The van der Waals surface area contributed by atoms with Gasteiger partial charge in [-0.2, -0.15) is 0 Å². The highest BCUT2D eigenvalue weighted by atomic mass is 32.2. The summed E-state index contributed by atoms with van der Waals surface area (Å²) in [6, 6.07) is 13.2. The molecule has 0 radical (unpaired) electrons. The van der Waals surface area contributed by atoms with E-state index in [1.54, 1.807) is 6.07 Å². The van der Waals surface area contributed by atoms with Gasteiger partial charge in [-0.15, -0.1) is 0 Å². The molecule has 1 N–H and O–H groups in total. The van der Waals surface area contributed by atoms with Gasteiger partial charge in [0.15, 0.2) is 0 Å². The summed E-state index contributed by atoms with van der Waals surface area (Å²) in [5.41, 5.74) is 4.38. The maximum absolute atomic E-state index is 12.6. The maximum atomic E-state index is 12.6. The van der Waals surface area contributed by atoms with E-state index in [-0.39, 0.29) is 12.6 Å². The molecule has 0 heterocycles. The molecule has 25 heavy (non-hydrogen) atoms. The lowest BCUT2D eigenvalue weighted by molar-refractivity contribution is 0.0652. The van der Waals surface area contributed by atoms with Gasteiger partial charge in [0.05, 0.1) is 17.6 Å². The summed E-state index contributed by atoms with van der Waals surface area (Å²) in [5, 5.41) is 0. The first-order valence-electron chi connectivity index (χ1n) is 8.75. The van der Waals surface area contributed by atoms with Crippen molar-refractivity contribution in [1.29, 1.82) is 0 Å². The van der Waals surface area contributed by atoms with Crippen LogP contribution in [0.1, 0.15) is 42.5 Å². The van der Waals surface area contributed by atoms with Crippen LogP contribution in [0.25, 0.3) is 0 Å². The van der Waals surface area contributed by atoms with Gasteiger partial charge >= 0.3 is 0 Å². The van der Waals surface area contributed by atoms with Crippen LogP contribution in [0.2, 0.25) is 0 Å². The number of hydrogen-bond acceptors (Lipinski definition) is 3. The topological polar surface area (TPSA) is 55.4 Å². The van der Waals surface area contributed by atoms with Crippen LogP contribution in [-0.2, 0) is 40.8 Å². The first-order valence-corrected chi connectivity index (χ1v) is 10.2. The Morgan fingerprint density at radius 1 is 1.04 bits per heavy atom. The maximum Gasteiger partial charge on any atom is 0.240 e. The van der Waals surface area contributed by atoms with Crippen LogP contribution < -0.4 is 4.72 Å². The van der Waals surface area contributed by atoms with Gasteiger partial charge in [-0.1, -0.05) is 30.3 Å². The van der Waals surface area contributed by atoms with E-state index in [1.807, 2.05) is 50.2 Å². The number of rotatable bonds is 7. The fourth-order valence-corrected chi connectivity index (χ4v) is 4.16. The largest absolute Gasteiger partial charge is 0.374 e. The molecule has 0 spiro atoms. The highest BCUT2D eigenvalue weighted by molar-refractivity contribution is 7.89. The summed E-state index contributed by atoms with van der Waals surface area (Å²) in [4.78, 5) is 0.351. The first-order chi connectivity index (χ1) is 12.0. The number of ether oxygens (including phenoxy) is 1. The van der Waals surface area contributed by atoms with Crippen LogP contribution in [0.5, 0.6) is 0 Å². The molecule has 1 aliphatic carbocycles. The molecule has 2 aromatic carbocycles. The summed E-state index contributed by atoms with van der Waals surface area (Å²) < 4.78 is 33.7. The first kappa shape index (κ1) is 18.1. The number of sulfonamides is 1. The molecule has 1 aliphatic rings. The van der Waals surface area contributed by atoms with E-state index in [2.05, 4.69) is 4.72 Å². The Bertz CT molecular complexity index is 844. The molecule has 0 saturated heterocycles. The molecule has 3 rings (SSSR count). The van der Waals surface area contributed by atoms with Crippen LogP contribution in [0, 0.1) is 0 Å². The average molecular weight is 359 g/mol. The molecule has 0 bridgehead atoms. The second kappa shape index (κ2) is 7.68. The van der Waals surface area contributed by atoms with Gasteiger partial charge in [0.25, 0.3) is 0 Å². The monoisotopic (exact) mass is 359 g/mol. The van der Waals surface area contributed by atoms with Crippen molar-refractivity contribution in [3.8, 4) is 0 Å². The van der Waals surface area contributed by atoms with Gasteiger partial charge in [0.1, 0.15) is 0 Å². The lowest BCUT2D eigenvalue weighted by Gasteiger charge is -2.13. The van der Waals surface area contributed by atoms with Gasteiger partial charge in [-0.05, 0) is 67.5 Å². The van der Waals surface area contributed by atoms with E-state index in [9.17, 15) is 8.42 Å². The molecule has 0 unspecified atom stereocenters. The van der Waals surface area contributed by atoms with E-state index in [4.69, 9.17) is 4.74 Å². The number of benzene rings is 2. The van der Waals surface area contributed by atoms with E-state index in [0.29, 0.717) is 11.5 Å². The van der Waals surface area contributed by atoms with Crippen LogP contribution in [0.3, 0.4) is 0 Å². The Morgan fingerprint density at radius 2 is 1.76 bits per heavy atom. The molecule has 0 saturated carbocycles. The Labute approximate surface area is 150 Å². The lowest BCUT2D eigenvalue weighted by atomic mass is 10.1. The quantitative estimate of drug-likeness (QED) is 0.822. The summed E-state index contributed by atoms with van der Waals surface area (Å²) in [6.07, 6.45) is 3.26. The van der Waals surface area contributed by atoms with Crippen molar-refractivity contribution >= 4 is 10.0 Å². The van der Waals surface area contributed by atoms with Crippen LogP contribution in [-0.4, -0.2) is 14.5 Å². The molecule has 0 aliphatic heterocycles. The fraction of sp³-hybridized carbons (Fsp3) is 0.400. The fourth-order valence-electron chi connectivity index (χ4n) is 3.10. The molecule has 134 valence electrons. The van der Waals surface area contributed by atoms with Gasteiger partial charge in [-0.3, -0.25) is 0 Å². The molecular formula is C20H25NO3S. The van der Waals surface area contributed by atoms with Gasteiger partial charge in [0, 0.05) is 6.54 Å². The zero-order valence-electron chi connectivity index (χ0n) is 14.8. The molecule has 5 heteroatoms. The normalized spacial score (nSPS) is 14.0. The van der Waals surface area contributed by atoms with Crippen molar-refractivity contribution in [2.24, 2.45) is 0 Å². The smallest absolute Gasteiger partial charge is 0.240 e. The van der Waals surface area contributed by atoms with Crippen molar-refractivity contribution in [2.75, 3.05) is 0 Å². The molecular weight excluding hydrogens is 334 g/mol. The third-order valence-corrected chi connectivity index (χ3v) is 5.92. The summed E-state index contributed by atoms with van der Waals surface area (Å²) >= 11 is 0. The van der Waals surface area contributed by atoms with E-state index < -0.39 is 10.0 Å². The Hall–Kier alpha value is -1.69. The minimum atomic E-state index is -3.52. The van der Waals surface area contributed by atoms with E-state index in [0.717, 1.165) is 36.0 Å². The zero-order valence-corrected chi connectivity index (χ0v) is 15.6. The van der Waals surface area contributed by atoms with Crippen LogP contribution in [0.4, 0.5) is 0 Å². The third-order valence-electron chi connectivity index (χ3n) is 4.52. The predicted molar refractivity (Wildman–Crippen MR) is 98.9 cm³/mol. The highest BCUT2D eigenvalue weighted by Crippen LogP contribution is 2.24. The van der Waals surface area contributed by atoms with Gasteiger partial charge in [-0.25, -0.2) is 13.1 Å². The Kier molecular flexibility index (Phi) is 5.57. The second-order valence-corrected chi connectivity index (χ2v) is 8.50. The third kappa shape index (κ3) is 4.48.